The molecular formula is C13H15ClFN3. The first kappa shape index (κ1) is 13.1. The van der Waals surface area contributed by atoms with Crippen molar-refractivity contribution in [2.24, 2.45) is 5.73 Å². The maximum Gasteiger partial charge on any atom is 0.128 e. The normalized spacial score (nSPS) is 10.9. The molecule has 2 N–H and O–H groups in total. The fraction of sp³-hybridized carbons (Fsp3) is 0.308. The van der Waals surface area contributed by atoms with Gasteiger partial charge < -0.3 is 5.73 Å². The van der Waals surface area contributed by atoms with Crippen LogP contribution in [0.3, 0.4) is 0 Å². The van der Waals surface area contributed by atoms with E-state index in [0.717, 1.165) is 11.4 Å². The second-order valence-corrected chi connectivity index (χ2v) is 4.55. The Kier molecular flexibility index (Phi) is 3.68. The summed E-state index contributed by atoms with van der Waals surface area (Å²) >= 11 is 6.12. The fourth-order valence-electron chi connectivity index (χ4n) is 2.00. The van der Waals surface area contributed by atoms with Gasteiger partial charge >= 0.3 is 0 Å². The van der Waals surface area contributed by atoms with Crippen LogP contribution in [-0.4, -0.2) is 16.3 Å². The molecule has 96 valence electrons. The zero-order chi connectivity index (χ0) is 13.3. The summed E-state index contributed by atoms with van der Waals surface area (Å²) in [6, 6.07) is 4.92. The molecule has 0 atom stereocenters. The minimum absolute atomic E-state index is 0.262. The Bertz CT molecular complexity index is 578. The van der Waals surface area contributed by atoms with Crippen LogP contribution < -0.4 is 5.73 Å². The van der Waals surface area contributed by atoms with Crippen LogP contribution in [-0.2, 0) is 6.42 Å². The molecule has 0 aliphatic carbocycles. The molecule has 1 aromatic carbocycles. The van der Waals surface area contributed by atoms with E-state index in [1.165, 1.54) is 6.07 Å². The van der Waals surface area contributed by atoms with E-state index >= 15 is 0 Å². The smallest absolute Gasteiger partial charge is 0.128 e. The molecule has 0 saturated carbocycles. The second kappa shape index (κ2) is 5.08. The number of rotatable bonds is 3. The van der Waals surface area contributed by atoms with Gasteiger partial charge in [0.2, 0.25) is 0 Å². The van der Waals surface area contributed by atoms with Crippen molar-refractivity contribution in [1.29, 1.82) is 0 Å². The first-order valence-electron chi connectivity index (χ1n) is 5.75. The number of nitrogens with zero attached hydrogens (tertiary/aromatic N) is 2. The predicted molar refractivity (Wildman–Crippen MR) is 70.8 cm³/mol. The molecule has 18 heavy (non-hydrogen) atoms. The lowest BCUT2D eigenvalue weighted by Gasteiger charge is -2.11. The van der Waals surface area contributed by atoms with Gasteiger partial charge in [0.25, 0.3) is 0 Å². The van der Waals surface area contributed by atoms with Crippen LogP contribution in [0.1, 0.15) is 17.0 Å². The molecule has 0 aliphatic heterocycles. The van der Waals surface area contributed by atoms with Gasteiger partial charge in [0, 0.05) is 5.56 Å². The highest BCUT2D eigenvalue weighted by atomic mass is 35.5. The highest BCUT2D eigenvalue weighted by molar-refractivity contribution is 6.31. The maximum absolute atomic E-state index is 13.8. The molecule has 3 nitrogen and oxygen atoms in total. The van der Waals surface area contributed by atoms with E-state index in [0.29, 0.717) is 29.2 Å². The van der Waals surface area contributed by atoms with Crippen molar-refractivity contribution >= 4 is 11.6 Å². The van der Waals surface area contributed by atoms with Gasteiger partial charge in [-0.25, -0.2) is 9.07 Å². The highest BCUT2D eigenvalue weighted by Crippen LogP contribution is 2.25. The Hall–Kier alpha value is -1.39. The average Bonchev–Trinajstić information content (AvgIpc) is 2.60. The van der Waals surface area contributed by atoms with Gasteiger partial charge in [-0.2, -0.15) is 5.10 Å². The van der Waals surface area contributed by atoms with Crippen molar-refractivity contribution in [3.05, 3.63) is 46.0 Å². The molecule has 0 aliphatic rings. The van der Waals surface area contributed by atoms with E-state index in [1.807, 2.05) is 19.9 Å². The lowest BCUT2D eigenvalue weighted by atomic mass is 10.1. The predicted octanol–water partition coefficient (Wildman–Crippen LogP) is 2.78. The summed E-state index contributed by atoms with van der Waals surface area (Å²) in [5, 5.41) is 4.95. The Morgan fingerprint density at radius 1 is 1.39 bits per heavy atom. The van der Waals surface area contributed by atoms with E-state index in [9.17, 15) is 4.39 Å². The SMILES string of the molecule is Cc1nn(-c2cccc(F)c2CCN)c(C)c1Cl. The third-order valence-electron chi connectivity index (χ3n) is 2.92. The third kappa shape index (κ3) is 2.13. The molecule has 1 heterocycles. The minimum atomic E-state index is -0.262. The van der Waals surface area contributed by atoms with Gasteiger partial charge in [0.1, 0.15) is 5.82 Å². The fourth-order valence-corrected chi connectivity index (χ4v) is 2.11. The Labute approximate surface area is 110 Å². The van der Waals surface area contributed by atoms with Gasteiger partial charge in [-0.3, -0.25) is 0 Å². The van der Waals surface area contributed by atoms with E-state index in [2.05, 4.69) is 5.10 Å². The lowest BCUT2D eigenvalue weighted by Crippen LogP contribution is -2.10. The summed E-state index contributed by atoms with van der Waals surface area (Å²) in [7, 11) is 0. The van der Waals surface area contributed by atoms with Crippen molar-refractivity contribution in [3.8, 4) is 5.69 Å². The molecule has 1 aromatic heterocycles. The van der Waals surface area contributed by atoms with Gasteiger partial charge in [0.05, 0.1) is 22.1 Å². The summed E-state index contributed by atoms with van der Waals surface area (Å²) < 4.78 is 15.5. The van der Waals surface area contributed by atoms with E-state index in [4.69, 9.17) is 17.3 Å². The molecule has 0 spiro atoms. The molecule has 0 bridgehead atoms. The van der Waals surface area contributed by atoms with Gasteiger partial charge in [-0.05, 0) is 38.9 Å². The number of aromatic nitrogens is 2. The quantitative estimate of drug-likeness (QED) is 0.929. The molecule has 0 unspecified atom stereocenters. The van der Waals surface area contributed by atoms with Crippen molar-refractivity contribution in [3.63, 3.8) is 0 Å². The van der Waals surface area contributed by atoms with Crippen LogP contribution in [0.4, 0.5) is 4.39 Å². The van der Waals surface area contributed by atoms with Gasteiger partial charge in [0.15, 0.2) is 0 Å². The van der Waals surface area contributed by atoms with E-state index < -0.39 is 0 Å². The van der Waals surface area contributed by atoms with Crippen molar-refractivity contribution in [2.75, 3.05) is 6.54 Å². The minimum Gasteiger partial charge on any atom is -0.330 e. The average molecular weight is 268 g/mol. The molecular weight excluding hydrogens is 253 g/mol. The van der Waals surface area contributed by atoms with Crippen LogP contribution in [0.2, 0.25) is 5.02 Å². The maximum atomic E-state index is 13.8. The number of halogens is 2. The number of hydrogen-bond donors (Lipinski definition) is 1. The Morgan fingerprint density at radius 2 is 2.11 bits per heavy atom. The number of aryl methyl sites for hydroxylation is 1. The largest absolute Gasteiger partial charge is 0.330 e. The zero-order valence-electron chi connectivity index (χ0n) is 10.4. The first-order chi connectivity index (χ1) is 8.56. The van der Waals surface area contributed by atoms with E-state index in [1.54, 1.807) is 10.7 Å². The molecule has 5 heteroatoms. The monoisotopic (exact) mass is 267 g/mol. The molecule has 0 radical (unpaired) electrons. The molecule has 0 fully saturated rings. The van der Waals surface area contributed by atoms with Crippen LogP contribution in [0, 0.1) is 19.7 Å². The Morgan fingerprint density at radius 3 is 2.67 bits per heavy atom. The standard InChI is InChI=1S/C13H15ClFN3/c1-8-13(14)9(2)18(17-8)12-5-3-4-11(15)10(12)6-7-16/h3-5H,6-7,16H2,1-2H3. The molecule has 0 saturated heterocycles. The van der Waals surface area contributed by atoms with Crippen LogP contribution in [0.25, 0.3) is 5.69 Å². The van der Waals surface area contributed by atoms with Gasteiger partial charge in [-0.15, -0.1) is 0 Å². The van der Waals surface area contributed by atoms with Crippen LogP contribution >= 0.6 is 11.6 Å². The van der Waals surface area contributed by atoms with Crippen molar-refractivity contribution < 1.29 is 4.39 Å². The molecule has 0 amide bonds. The van der Waals surface area contributed by atoms with Crippen LogP contribution in [0.15, 0.2) is 18.2 Å². The summed E-state index contributed by atoms with van der Waals surface area (Å²) in [5.41, 5.74) is 8.34. The number of nitrogens with two attached hydrogens (primary N) is 1. The summed E-state index contributed by atoms with van der Waals surface area (Å²) in [4.78, 5) is 0. The molecule has 2 aromatic rings. The third-order valence-corrected chi connectivity index (χ3v) is 3.47. The number of benzene rings is 1. The van der Waals surface area contributed by atoms with Gasteiger partial charge in [-0.1, -0.05) is 17.7 Å². The second-order valence-electron chi connectivity index (χ2n) is 4.17. The Balaban J connectivity index is 2.63. The summed E-state index contributed by atoms with van der Waals surface area (Å²) in [5.74, 6) is -0.262. The van der Waals surface area contributed by atoms with Crippen molar-refractivity contribution in [1.82, 2.24) is 9.78 Å². The zero-order valence-corrected chi connectivity index (χ0v) is 11.1. The number of hydrogen-bond acceptors (Lipinski definition) is 2. The first-order valence-corrected chi connectivity index (χ1v) is 6.13. The highest BCUT2D eigenvalue weighted by Gasteiger charge is 2.15. The van der Waals surface area contributed by atoms with E-state index in [-0.39, 0.29) is 5.82 Å². The summed E-state index contributed by atoms with van der Waals surface area (Å²) in [6.45, 7) is 4.08. The topological polar surface area (TPSA) is 43.8 Å². The van der Waals surface area contributed by atoms with Crippen molar-refractivity contribution in [2.45, 2.75) is 20.3 Å². The molecule has 2 rings (SSSR count). The van der Waals surface area contributed by atoms with Crippen LogP contribution in [0.5, 0.6) is 0 Å². The summed E-state index contributed by atoms with van der Waals surface area (Å²) in [6.07, 6.45) is 0.470. The lowest BCUT2D eigenvalue weighted by molar-refractivity contribution is 0.605.